The van der Waals surface area contributed by atoms with Gasteiger partial charge in [0.2, 0.25) is 5.91 Å². The van der Waals surface area contributed by atoms with Gasteiger partial charge in [0.1, 0.15) is 5.75 Å². The molecule has 4 nitrogen and oxygen atoms in total. The smallest absolute Gasteiger partial charge is 0.238 e. The third kappa shape index (κ3) is 5.28. The van der Waals surface area contributed by atoms with E-state index in [1.165, 1.54) is 7.11 Å². The van der Waals surface area contributed by atoms with Crippen molar-refractivity contribution in [3.05, 3.63) is 57.0 Å². The SMILES string of the molecule is COc1ccc(NC(=O)CN(C)Cc2ccc(Cl)c(Cl)c2)cc1Cl. The normalized spacial score (nSPS) is 10.8. The highest BCUT2D eigenvalue weighted by atomic mass is 35.5. The molecule has 0 aliphatic carbocycles. The maximum atomic E-state index is 12.1. The van der Waals surface area contributed by atoms with E-state index in [4.69, 9.17) is 39.5 Å². The van der Waals surface area contributed by atoms with Crippen LogP contribution in [0.15, 0.2) is 36.4 Å². The van der Waals surface area contributed by atoms with Crippen LogP contribution in [0.1, 0.15) is 5.56 Å². The number of nitrogens with zero attached hydrogens (tertiary/aromatic N) is 1. The summed E-state index contributed by atoms with van der Waals surface area (Å²) in [6.45, 7) is 0.803. The van der Waals surface area contributed by atoms with E-state index in [1.807, 2.05) is 18.0 Å². The van der Waals surface area contributed by atoms with E-state index in [0.29, 0.717) is 33.0 Å². The Balaban J connectivity index is 1.91. The van der Waals surface area contributed by atoms with Crippen LogP contribution in [0, 0.1) is 0 Å². The first-order chi connectivity index (χ1) is 11.4. The number of ether oxygens (including phenoxy) is 1. The molecule has 0 aliphatic rings. The molecule has 0 saturated heterocycles. The van der Waals surface area contributed by atoms with Crippen molar-refractivity contribution in [1.29, 1.82) is 0 Å². The largest absolute Gasteiger partial charge is 0.495 e. The van der Waals surface area contributed by atoms with Crippen molar-refractivity contribution in [3.63, 3.8) is 0 Å². The lowest BCUT2D eigenvalue weighted by Gasteiger charge is -2.17. The highest BCUT2D eigenvalue weighted by molar-refractivity contribution is 6.42. The summed E-state index contributed by atoms with van der Waals surface area (Å²) in [6, 6.07) is 10.5. The highest BCUT2D eigenvalue weighted by Gasteiger charge is 2.10. The third-order valence-electron chi connectivity index (χ3n) is 3.29. The van der Waals surface area contributed by atoms with E-state index in [2.05, 4.69) is 5.32 Å². The maximum absolute atomic E-state index is 12.1. The van der Waals surface area contributed by atoms with E-state index in [1.54, 1.807) is 30.3 Å². The number of hydrogen-bond donors (Lipinski definition) is 1. The number of carbonyl (C=O) groups excluding carboxylic acids is 1. The average Bonchev–Trinajstić information content (AvgIpc) is 2.51. The monoisotopic (exact) mass is 386 g/mol. The van der Waals surface area contributed by atoms with Crippen LogP contribution in [0.5, 0.6) is 5.75 Å². The number of amides is 1. The van der Waals surface area contributed by atoms with Gasteiger partial charge in [-0.2, -0.15) is 0 Å². The molecule has 0 saturated carbocycles. The quantitative estimate of drug-likeness (QED) is 0.779. The molecule has 0 aliphatic heterocycles. The first kappa shape index (κ1) is 18.9. The van der Waals surface area contributed by atoms with Gasteiger partial charge in [-0.05, 0) is 42.9 Å². The molecule has 0 spiro atoms. The molecule has 1 N–H and O–H groups in total. The molecule has 0 bridgehead atoms. The molecule has 1 amide bonds. The number of likely N-dealkylation sites (N-methyl/N-ethyl adjacent to an activating group) is 1. The molecule has 7 heteroatoms. The molecule has 2 aromatic carbocycles. The van der Waals surface area contributed by atoms with Gasteiger partial charge in [0.15, 0.2) is 0 Å². The molecule has 0 aromatic heterocycles. The minimum atomic E-state index is -0.140. The zero-order valence-electron chi connectivity index (χ0n) is 13.3. The Hall–Kier alpha value is -1.46. The zero-order valence-corrected chi connectivity index (χ0v) is 15.5. The Labute approximate surface area is 156 Å². The van der Waals surface area contributed by atoms with Crippen molar-refractivity contribution in [1.82, 2.24) is 4.90 Å². The number of benzene rings is 2. The molecule has 0 radical (unpaired) electrons. The van der Waals surface area contributed by atoms with Crippen LogP contribution >= 0.6 is 34.8 Å². The molecular formula is C17H17Cl3N2O2. The fraction of sp³-hybridized carbons (Fsp3) is 0.235. The lowest BCUT2D eigenvalue weighted by molar-refractivity contribution is -0.117. The Morgan fingerprint density at radius 1 is 1.08 bits per heavy atom. The Morgan fingerprint density at radius 3 is 2.46 bits per heavy atom. The molecule has 2 rings (SSSR count). The number of halogens is 3. The van der Waals surface area contributed by atoms with Crippen molar-refractivity contribution < 1.29 is 9.53 Å². The first-order valence-corrected chi connectivity index (χ1v) is 8.28. The van der Waals surface area contributed by atoms with E-state index < -0.39 is 0 Å². The van der Waals surface area contributed by atoms with E-state index >= 15 is 0 Å². The van der Waals surface area contributed by atoms with Crippen LogP contribution < -0.4 is 10.1 Å². The summed E-state index contributed by atoms with van der Waals surface area (Å²) in [5.74, 6) is 0.421. The second-order valence-electron chi connectivity index (χ2n) is 5.32. The fourth-order valence-corrected chi connectivity index (χ4v) is 2.77. The zero-order chi connectivity index (χ0) is 17.7. The third-order valence-corrected chi connectivity index (χ3v) is 4.32. The van der Waals surface area contributed by atoms with Gasteiger partial charge in [0, 0.05) is 12.2 Å². The Bertz CT molecular complexity index is 738. The maximum Gasteiger partial charge on any atom is 0.238 e. The molecule has 24 heavy (non-hydrogen) atoms. The topological polar surface area (TPSA) is 41.6 Å². The molecule has 128 valence electrons. The molecule has 0 unspecified atom stereocenters. The predicted octanol–water partition coefficient (Wildman–Crippen LogP) is 4.73. The standard InChI is InChI=1S/C17H17Cl3N2O2/c1-22(9-11-3-5-13(18)14(19)7-11)10-17(23)21-12-4-6-16(24-2)15(20)8-12/h3-8H,9-10H2,1-2H3,(H,21,23). The number of methoxy groups -OCH3 is 1. The summed E-state index contributed by atoms with van der Waals surface area (Å²) >= 11 is 17.9. The molecule has 0 heterocycles. The second kappa shape index (κ2) is 8.58. The van der Waals surface area contributed by atoms with Crippen molar-refractivity contribution >= 4 is 46.4 Å². The molecule has 2 aromatic rings. The summed E-state index contributed by atoms with van der Waals surface area (Å²) in [7, 11) is 3.39. The van der Waals surface area contributed by atoms with Gasteiger partial charge in [0.05, 0.1) is 28.7 Å². The number of anilines is 1. The molecule has 0 atom stereocenters. The van der Waals surface area contributed by atoms with Crippen molar-refractivity contribution in [2.75, 3.05) is 26.0 Å². The number of rotatable bonds is 6. The minimum Gasteiger partial charge on any atom is -0.495 e. The number of carbonyl (C=O) groups is 1. The summed E-state index contributed by atoms with van der Waals surface area (Å²) in [6.07, 6.45) is 0. The summed E-state index contributed by atoms with van der Waals surface area (Å²) in [5, 5.41) is 4.26. The van der Waals surface area contributed by atoms with Crippen LogP contribution in [0.4, 0.5) is 5.69 Å². The van der Waals surface area contributed by atoms with Crippen molar-refractivity contribution in [3.8, 4) is 5.75 Å². The Morgan fingerprint density at radius 2 is 1.83 bits per heavy atom. The van der Waals surface area contributed by atoms with Gasteiger partial charge < -0.3 is 10.1 Å². The predicted molar refractivity (Wildman–Crippen MR) is 99.4 cm³/mol. The fourth-order valence-electron chi connectivity index (χ4n) is 2.20. The van der Waals surface area contributed by atoms with Crippen LogP contribution in [-0.2, 0) is 11.3 Å². The van der Waals surface area contributed by atoms with Gasteiger partial charge in [0.25, 0.3) is 0 Å². The molecular weight excluding hydrogens is 371 g/mol. The van der Waals surface area contributed by atoms with Gasteiger partial charge in [-0.25, -0.2) is 0 Å². The van der Waals surface area contributed by atoms with Crippen LogP contribution in [0.2, 0.25) is 15.1 Å². The summed E-state index contributed by atoms with van der Waals surface area (Å²) < 4.78 is 5.08. The van der Waals surface area contributed by atoms with Crippen molar-refractivity contribution in [2.24, 2.45) is 0 Å². The average molecular weight is 388 g/mol. The summed E-state index contributed by atoms with van der Waals surface area (Å²) in [4.78, 5) is 14.0. The second-order valence-corrected chi connectivity index (χ2v) is 6.54. The van der Waals surface area contributed by atoms with Gasteiger partial charge in [-0.3, -0.25) is 9.69 Å². The lowest BCUT2D eigenvalue weighted by Crippen LogP contribution is -2.29. The number of hydrogen-bond acceptors (Lipinski definition) is 3. The van der Waals surface area contributed by atoms with E-state index in [0.717, 1.165) is 5.56 Å². The lowest BCUT2D eigenvalue weighted by atomic mass is 10.2. The Kier molecular flexibility index (Phi) is 6.75. The number of nitrogens with one attached hydrogen (secondary N) is 1. The van der Waals surface area contributed by atoms with Crippen LogP contribution in [0.3, 0.4) is 0 Å². The van der Waals surface area contributed by atoms with E-state index in [9.17, 15) is 4.79 Å². The van der Waals surface area contributed by atoms with Crippen LogP contribution in [0.25, 0.3) is 0 Å². The minimum absolute atomic E-state index is 0.140. The summed E-state index contributed by atoms with van der Waals surface area (Å²) in [5.41, 5.74) is 1.60. The first-order valence-electron chi connectivity index (χ1n) is 7.15. The van der Waals surface area contributed by atoms with Crippen LogP contribution in [-0.4, -0.2) is 31.5 Å². The van der Waals surface area contributed by atoms with Crippen molar-refractivity contribution in [2.45, 2.75) is 6.54 Å². The van der Waals surface area contributed by atoms with Gasteiger partial charge >= 0.3 is 0 Å². The van der Waals surface area contributed by atoms with Gasteiger partial charge in [-0.1, -0.05) is 40.9 Å². The molecule has 0 fully saturated rings. The van der Waals surface area contributed by atoms with E-state index in [-0.39, 0.29) is 12.5 Å². The highest BCUT2D eigenvalue weighted by Crippen LogP contribution is 2.27. The van der Waals surface area contributed by atoms with Gasteiger partial charge in [-0.15, -0.1) is 0 Å².